The second kappa shape index (κ2) is 7.06. The Labute approximate surface area is 118 Å². The van der Waals surface area contributed by atoms with Crippen LogP contribution in [0.5, 0.6) is 0 Å². The molecule has 1 aromatic rings. The molecule has 2 nitrogen and oxygen atoms in total. The summed E-state index contributed by atoms with van der Waals surface area (Å²) in [6, 6.07) is 12.1. The van der Waals surface area contributed by atoms with Crippen molar-refractivity contribution in [3.63, 3.8) is 0 Å². The van der Waals surface area contributed by atoms with E-state index in [4.69, 9.17) is 0 Å². The average molecular weight is 260 g/mol. The van der Waals surface area contributed by atoms with Gasteiger partial charge in [-0.1, -0.05) is 57.5 Å². The van der Waals surface area contributed by atoms with E-state index in [1.165, 1.54) is 25.1 Å². The Morgan fingerprint density at radius 1 is 1.26 bits per heavy atom. The van der Waals surface area contributed by atoms with Gasteiger partial charge < -0.3 is 5.32 Å². The van der Waals surface area contributed by atoms with E-state index in [-0.39, 0.29) is 0 Å². The Bertz CT molecular complexity index is 363. The highest BCUT2D eigenvalue weighted by atomic mass is 15.2. The molecule has 0 amide bonds. The zero-order valence-electron chi connectivity index (χ0n) is 12.6. The highest BCUT2D eigenvalue weighted by Crippen LogP contribution is 2.19. The van der Waals surface area contributed by atoms with Gasteiger partial charge in [0.25, 0.3) is 0 Å². The van der Waals surface area contributed by atoms with Crippen LogP contribution in [-0.2, 0) is 6.42 Å². The molecule has 0 bridgehead atoms. The normalized spacial score (nSPS) is 26.3. The molecule has 3 atom stereocenters. The van der Waals surface area contributed by atoms with Crippen LogP contribution in [0, 0.1) is 5.92 Å². The summed E-state index contributed by atoms with van der Waals surface area (Å²) < 4.78 is 0. The van der Waals surface area contributed by atoms with Crippen molar-refractivity contribution >= 4 is 0 Å². The molecule has 1 aromatic carbocycles. The van der Waals surface area contributed by atoms with Gasteiger partial charge in [-0.05, 0) is 24.4 Å². The number of benzene rings is 1. The predicted octanol–water partition coefficient (Wildman–Crippen LogP) is 2.94. The zero-order chi connectivity index (χ0) is 13.7. The van der Waals surface area contributed by atoms with E-state index in [2.05, 4.69) is 61.3 Å². The number of rotatable bonds is 5. The van der Waals surface area contributed by atoms with Crippen LogP contribution in [-0.4, -0.2) is 36.6 Å². The minimum absolute atomic E-state index is 0.600. The van der Waals surface area contributed by atoms with Crippen LogP contribution in [0.15, 0.2) is 30.3 Å². The molecule has 1 aliphatic heterocycles. The Hall–Kier alpha value is -0.860. The summed E-state index contributed by atoms with van der Waals surface area (Å²) >= 11 is 0. The van der Waals surface area contributed by atoms with Gasteiger partial charge in [-0.15, -0.1) is 0 Å². The fourth-order valence-electron chi connectivity index (χ4n) is 3.13. The Kier molecular flexibility index (Phi) is 5.41. The van der Waals surface area contributed by atoms with Gasteiger partial charge in [0.15, 0.2) is 0 Å². The third-order valence-corrected chi connectivity index (χ3v) is 4.57. The van der Waals surface area contributed by atoms with Crippen molar-refractivity contribution in [2.75, 3.05) is 19.6 Å². The maximum atomic E-state index is 3.76. The monoisotopic (exact) mass is 260 g/mol. The predicted molar refractivity (Wildman–Crippen MR) is 82.4 cm³/mol. The molecule has 2 heteroatoms. The summed E-state index contributed by atoms with van der Waals surface area (Å²) in [5, 5.41) is 3.76. The first kappa shape index (κ1) is 14.5. The summed E-state index contributed by atoms with van der Waals surface area (Å²) in [4.78, 5) is 2.66. The van der Waals surface area contributed by atoms with Crippen molar-refractivity contribution in [3.05, 3.63) is 35.9 Å². The molecule has 1 fully saturated rings. The van der Waals surface area contributed by atoms with E-state index in [9.17, 15) is 0 Å². The van der Waals surface area contributed by atoms with Gasteiger partial charge in [0, 0.05) is 25.2 Å². The number of piperazine rings is 1. The number of nitrogens with one attached hydrogen (secondary N) is 1. The molecule has 0 spiro atoms. The standard InChI is InChI=1S/C17H28N2/c1-4-14(3)17-12-18-16(13-19(17)5-2)11-15-9-7-6-8-10-15/h6-10,14,16-18H,4-5,11-13H2,1-3H3. The van der Waals surface area contributed by atoms with E-state index in [0.29, 0.717) is 12.1 Å². The van der Waals surface area contributed by atoms with Crippen LogP contribution in [0.2, 0.25) is 0 Å². The molecule has 1 saturated heterocycles. The van der Waals surface area contributed by atoms with Crippen molar-refractivity contribution in [2.24, 2.45) is 5.92 Å². The van der Waals surface area contributed by atoms with Crippen molar-refractivity contribution in [2.45, 2.75) is 45.7 Å². The molecule has 0 radical (unpaired) electrons. The van der Waals surface area contributed by atoms with Crippen LogP contribution < -0.4 is 5.32 Å². The van der Waals surface area contributed by atoms with Crippen LogP contribution in [0.1, 0.15) is 32.8 Å². The first-order valence-electron chi connectivity index (χ1n) is 7.76. The van der Waals surface area contributed by atoms with Crippen molar-refractivity contribution in [1.82, 2.24) is 10.2 Å². The minimum Gasteiger partial charge on any atom is -0.311 e. The Morgan fingerprint density at radius 2 is 2.00 bits per heavy atom. The lowest BCUT2D eigenvalue weighted by Gasteiger charge is -2.42. The number of nitrogens with zero attached hydrogens (tertiary/aromatic N) is 1. The first-order chi connectivity index (χ1) is 9.24. The van der Waals surface area contributed by atoms with E-state index < -0.39 is 0 Å². The van der Waals surface area contributed by atoms with Crippen LogP contribution in [0.3, 0.4) is 0 Å². The highest BCUT2D eigenvalue weighted by molar-refractivity contribution is 5.16. The summed E-state index contributed by atoms with van der Waals surface area (Å²) in [6.07, 6.45) is 2.41. The molecule has 0 aliphatic carbocycles. The maximum Gasteiger partial charge on any atom is 0.0246 e. The van der Waals surface area contributed by atoms with Crippen molar-refractivity contribution in [1.29, 1.82) is 0 Å². The molecular weight excluding hydrogens is 232 g/mol. The topological polar surface area (TPSA) is 15.3 Å². The van der Waals surface area contributed by atoms with Gasteiger partial charge in [0.05, 0.1) is 0 Å². The van der Waals surface area contributed by atoms with E-state index in [1.807, 2.05) is 0 Å². The van der Waals surface area contributed by atoms with E-state index in [0.717, 1.165) is 18.9 Å². The van der Waals surface area contributed by atoms with Gasteiger partial charge >= 0.3 is 0 Å². The molecule has 0 aromatic heterocycles. The Balaban J connectivity index is 1.93. The minimum atomic E-state index is 0.600. The number of likely N-dealkylation sites (N-methyl/N-ethyl adjacent to an activating group) is 1. The second-order valence-electron chi connectivity index (χ2n) is 5.84. The largest absolute Gasteiger partial charge is 0.311 e. The molecule has 1 heterocycles. The van der Waals surface area contributed by atoms with Gasteiger partial charge in [-0.2, -0.15) is 0 Å². The van der Waals surface area contributed by atoms with Gasteiger partial charge in [-0.25, -0.2) is 0 Å². The Morgan fingerprint density at radius 3 is 2.63 bits per heavy atom. The summed E-state index contributed by atoms with van der Waals surface area (Å²) in [5.41, 5.74) is 1.44. The smallest absolute Gasteiger partial charge is 0.0246 e. The fraction of sp³-hybridized carbons (Fsp3) is 0.647. The van der Waals surface area contributed by atoms with Gasteiger partial charge in [0.2, 0.25) is 0 Å². The molecule has 1 aliphatic rings. The SMILES string of the molecule is CCC(C)C1CNC(Cc2ccccc2)CN1CC. The average Bonchev–Trinajstić information content (AvgIpc) is 2.47. The highest BCUT2D eigenvalue weighted by Gasteiger charge is 2.29. The molecule has 19 heavy (non-hydrogen) atoms. The third kappa shape index (κ3) is 3.80. The van der Waals surface area contributed by atoms with E-state index in [1.54, 1.807) is 0 Å². The lowest BCUT2D eigenvalue weighted by molar-refractivity contribution is 0.0971. The third-order valence-electron chi connectivity index (χ3n) is 4.57. The lowest BCUT2D eigenvalue weighted by atomic mass is 9.93. The van der Waals surface area contributed by atoms with Crippen molar-refractivity contribution in [3.8, 4) is 0 Å². The molecule has 2 rings (SSSR count). The summed E-state index contributed by atoms with van der Waals surface area (Å²) in [5.74, 6) is 0.783. The first-order valence-corrected chi connectivity index (χ1v) is 7.76. The van der Waals surface area contributed by atoms with Gasteiger partial charge in [-0.3, -0.25) is 4.90 Å². The van der Waals surface area contributed by atoms with Crippen LogP contribution >= 0.6 is 0 Å². The van der Waals surface area contributed by atoms with Crippen molar-refractivity contribution < 1.29 is 0 Å². The molecular formula is C17H28N2. The van der Waals surface area contributed by atoms with Crippen LogP contribution in [0.4, 0.5) is 0 Å². The second-order valence-corrected chi connectivity index (χ2v) is 5.84. The number of hydrogen-bond donors (Lipinski definition) is 1. The summed E-state index contributed by atoms with van der Waals surface area (Å²) in [7, 11) is 0. The lowest BCUT2D eigenvalue weighted by Crippen LogP contribution is -2.58. The fourth-order valence-corrected chi connectivity index (χ4v) is 3.13. The summed E-state index contributed by atoms with van der Waals surface area (Å²) in [6.45, 7) is 10.5. The molecule has 0 saturated carbocycles. The molecule has 1 N–H and O–H groups in total. The van der Waals surface area contributed by atoms with Crippen LogP contribution in [0.25, 0.3) is 0 Å². The quantitative estimate of drug-likeness (QED) is 0.875. The van der Waals surface area contributed by atoms with E-state index >= 15 is 0 Å². The number of hydrogen-bond acceptors (Lipinski definition) is 2. The maximum absolute atomic E-state index is 3.76. The van der Waals surface area contributed by atoms with Gasteiger partial charge in [0.1, 0.15) is 0 Å². The zero-order valence-corrected chi connectivity index (χ0v) is 12.6. The molecule has 106 valence electrons. The molecule has 3 unspecified atom stereocenters.